The van der Waals surface area contributed by atoms with Gasteiger partial charge in [0.1, 0.15) is 11.5 Å². The number of methoxy groups -OCH3 is 2. The van der Waals surface area contributed by atoms with E-state index in [9.17, 15) is 5.26 Å². The van der Waals surface area contributed by atoms with Crippen LogP contribution in [0.15, 0.2) is 42.5 Å². The minimum absolute atomic E-state index is 0.456. The maximum Gasteiger partial charge on any atom is 0.119 e. The molecule has 0 heterocycles. The summed E-state index contributed by atoms with van der Waals surface area (Å²) in [5.74, 6) is 1.79. The Bertz CT molecular complexity index is 1050. The average molecular weight is 547 g/mol. The Morgan fingerprint density at radius 3 is 2.15 bits per heavy atom. The third kappa shape index (κ3) is 9.55. The first-order valence-electron chi connectivity index (χ1n) is 16.0. The van der Waals surface area contributed by atoms with Crippen LogP contribution in [0.25, 0.3) is 0 Å². The molecule has 4 nitrogen and oxygen atoms in total. The summed E-state index contributed by atoms with van der Waals surface area (Å²) in [6.07, 6.45) is 19.3. The lowest BCUT2D eigenvalue weighted by atomic mass is 9.74. The maximum atomic E-state index is 10.6. The molecule has 0 bridgehead atoms. The van der Waals surface area contributed by atoms with E-state index in [0.717, 1.165) is 62.1 Å². The zero-order valence-electron chi connectivity index (χ0n) is 25.9. The van der Waals surface area contributed by atoms with Crippen LogP contribution in [0.2, 0.25) is 0 Å². The quantitative estimate of drug-likeness (QED) is 0.165. The van der Waals surface area contributed by atoms with Gasteiger partial charge < -0.3 is 14.4 Å². The first-order chi connectivity index (χ1) is 19.5. The fourth-order valence-electron chi connectivity index (χ4n) is 6.46. The molecule has 0 spiro atoms. The Labute approximate surface area is 245 Å². The number of likely N-dealkylation sites (N-methyl/N-ethyl adjacent to an activating group) is 1. The van der Waals surface area contributed by atoms with Gasteiger partial charge in [-0.25, -0.2) is 0 Å². The predicted octanol–water partition coefficient (Wildman–Crippen LogP) is 9.05. The summed E-state index contributed by atoms with van der Waals surface area (Å²) in [5, 5.41) is 10.6. The molecule has 1 aliphatic rings. The molecule has 0 N–H and O–H groups in total. The first-order valence-corrected chi connectivity index (χ1v) is 16.0. The summed E-state index contributed by atoms with van der Waals surface area (Å²) in [7, 11) is 5.72. The number of nitrogens with zero attached hydrogens (tertiary/aromatic N) is 2. The highest BCUT2D eigenvalue weighted by Gasteiger charge is 2.32. The molecule has 0 saturated heterocycles. The third-order valence-corrected chi connectivity index (χ3v) is 9.15. The number of rotatable bonds is 19. The van der Waals surface area contributed by atoms with Gasteiger partial charge in [-0.15, -0.1) is 0 Å². The minimum atomic E-state index is -0.456. The zero-order valence-corrected chi connectivity index (χ0v) is 25.9. The number of aryl methyl sites for hydroxylation is 1. The van der Waals surface area contributed by atoms with E-state index >= 15 is 0 Å². The molecule has 0 aliphatic heterocycles. The molecule has 0 fully saturated rings. The SMILES string of the molecule is CCCCCCCCCCCCC(C#N)(CCCN(C)C1CCc2ccc(OC)cc2C1)c1cccc(OC)c1. The Morgan fingerprint density at radius 2 is 1.48 bits per heavy atom. The molecule has 0 aromatic heterocycles. The molecule has 220 valence electrons. The highest BCUT2D eigenvalue weighted by atomic mass is 16.5. The van der Waals surface area contributed by atoms with Crippen LogP contribution >= 0.6 is 0 Å². The van der Waals surface area contributed by atoms with Crippen molar-refractivity contribution in [2.24, 2.45) is 0 Å². The first kappa shape index (κ1) is 32.0. The molecule has 2 atom stereocenters. The van der Waals surface area contributed by atoms with Crippen LogP contribution in [-0.2, 0) is 18.3 Å². The second-order valence-corrected chi connectivity index (χ2v) is 12.0. The zero-order chi connectivity index (χ0) is 28.6. The predicted molar refractivity (Wildman–Crippen MR) is 167 cm³/mol. The van der Waals surface area contributed by atoms with E-state index in [1.165, 1.54) is 75.3 Å². The van der Waals surface area contributed by atoms with Crippen molar-refractivity contribution < 1.29 is 9.47 Å². The highest BCUT2D eigenvalue weighted by Crippen LogP contribution is 2.37. The lowest BCUT2D eigenvalue weighted by Crippen LogP contribution is -2.37. The molecule has 0 amide bonds. The van der Waals surface area contributed by atoms with E-state index < -0.39 is 5.41 Å². The van der Waals surface area contributed by atoms with Gasteiger partial charge in [0.05, 0.1) is 25.7 Å². The maximum absolute atomic E-state index is 10.6. The van der Waals surface area contributed by atoms with E-state index in [2.05, 4.69) is 55.3 Å². The third-order valence-electron chi connectivity index (χ3n) is 9.15. The largest absolute Gasteiger partial charge is 0.497 e. The van der Waals surface area contributed by atoms with Gasteiger partial charge in [0.25, 0.3) is 0 Å². The van der Waals surface area contributed by atoms with Crippen molar-refractivity contribution in [1.82, 2.24) is 4.90 Å². The molecule has 0 saturated carbocycles. The second-order valence-electron chi connectivity index (χ2n) is 12.0. The van der Waals surface area contributed by atoms with Crippen molar-refractivity contribution in [2.75, 3.05) is 27.8 Å². The Balaban J connectivity index is 1.54. The molecule has 2 aromatic rings. The Morgan fingerprint density at radius 1 is 0.825 bits per heavy atom. The van der Waals surface area contributed by atoms with Crippen LogP contribution in [-0.4, -0.2) is 38.8 Å². The molecule has 0 radical (unpaired) electrons. The summed E-state index contributed by atoms with van der Waals surface area (Å²) >= 11 is 0. The topological polar surface area (TPSA) is 45.5 Å². The normalized spacial score (nSPS) is 16.2. The summed E-state index contributed by atoms with van der Waals surface area (Å²) in [5.41, 5.74) is 3.54. The summed E-state index contributed by atoms with van der Waals surface area (Å²) in [4.78, 5) is 2.52. The number of ether oxygens (including phenoxy) is 2. The highest BCUT2D eigenvalue weighted by molar-refractivity contribution is 5.39. The number of hydrogen-bond donors (Lipinski definition) is 0. The van der Waals surface area contributed by atoms with E-state index in [1.807, 2.05) is 12.1 Å². The van der Waals surface area contributed by atoms with Crippen LogP contribution in [0.4, 0.5) is 0 Å². The second kappa shape index (κ2) is 17.3. The van der Waals surface area contributed by atoms with Crippen molar-refractivity contribution >= 4 is 0 Å². The molecule has 40 heavy (non-hydrogen) atoms. The molecule has 2 aromatic carbocycles. The monoisotopic (exact) mass is 546 g/mol. The van der Waals surface area contributed by atoms with Crippen LogP contribution in [0, 0.1) is 11.3 Å². The number of fused-ring (bicyclic) bond motifs is 1. The van der Waals surface area contributed by atoms with Gasteiger partial charge in [-0.1, -0.05) is 89.3 Å². The number of hydrogen-bond acceptors (Lipinski definition) is 4. The van der Waals surface area contributed by atoms with E-state index in [-0.39, 0.29) is 0 Å². The minimum Gasteiger partial charge on any atom is -0.497 e. The van der Waals surface area contributed by atoms with Crippen LogP contribution in [0.1, 0.15) is 114 Å². The summed E-state index contributed by atoms with van der Waals surface area (Å²) in [6.45, 7) is 3.29. The molecule has 4 heteroatoms. The Hall–Kier alpha value is -2.51. The standard InChI is InChI=1S/C36H54N2O2/c1-5-6-7-8-9-10-11-12-13-14-23-36(29-37,32-17-15-18-34(28-32)39-3)24-16-25-38(2)33-21-19-30-20-22-35(40-4)27-31(30)26-33/h15,17-18,20,22,27-28,33H,5-14,16,19,21,23-26H2,1-4H3. The van der Waals surface area contributed by atoms with Crippen molar-refractivity contribution in [3.63, 3.8) is 0 Å². The lowest BCUT2D eigenvalue weighted by Gasteiger charge is -2.34. The van der Waals surface area contributed by atoms with E-state index in [0.29, 0.717) is 6.04 Å². The molecule has 1 aliphatic carbocycles. The van der Waals surface area contributed by atoms with Gasteiger partial charge in [-0.2, -0.15) is 5.26 Å². The van der Waals surface area contributed by atoms with Crippen LogP contribution < -0.4 is 9.47 Å². The van der Waals surface area contributed by atoms with Gasteiger partial charge in [-0.05, 0) is 93.1 Å². The molecular weight excluding hydrogens is 492 g/mol. The van der Waals surface area contributed by atoms with Gasteiger partial charge in [0.15, 0.2) is 0 Å². The fraction of sp³-hybridized carbons (Fsp3) is 0.639. The van der Waals surface area contributed by atoms with Gasteiger partial charge in [0.2, 0.25) is 0 Å². The van der Waals surface area contributed by atoms with Gasteiger partial charge in [0, 0.05) is 6.04 Å². The van der Waals surface area contributed by atoms with E-state index in [4.69, 9.17) is 9.47 Å². The van der Waals surface area contributed by atoms with Crippen LogP contribution in [0.5, 0.6) is 11.5 Å². The number of unbranched alkanes of at least 4 members (excludes halogenated alkanes) is 9. The van der Waals surface area contributed by atoms with Gasteiger partial charge >= 0.3 is 0 Å². The molecular formula is C36H54N2O2. The smallest absolute Gasteiger partial charge is 0.119 e. The fourth-order valence-corrected chi connectivity index (χ4v) is 6.46. The summed E-state index contributed by atoms with van der Waals surface area (Å²) < 4.78 is 11.0. The number of nitriles is 1. The van der Waals surface area contributed by atoms with E-state index in [1.54, 1.807) is 14.2 Å². The average Bonchev–Trinajstić information content (AvgIpc) is 3.00. The molecule has 2 unspecified atom stereocenters. The van der Waals surface area contributed by atoms with Crippen molar-refractivity contribution in [2.45, 2.75) is 121 Å². The van der Waals surface area contributed by atoms with Gasteiger partial charge in [-0.3, -0.25) is 0 Å². The Kier molecular flexibility index (Phi) is 13.9. The number of benzene rings is 2. The van der Waals surface area contributed by atoms with Crippen molar-refractivity contribution in [3.8, 4) is 17.6 Å². The van der Waals surface area contributed by atoms with Crippen molar-refractivity contribution in [3.05, 3.63) is 59.2 Å². The van der Waals surface area contributed by atoms with Crippen molar-refractivity contribution in [1.29, 1.82) is 5.26 Å². The lowest BCUT2D eigenvalue weighted by molar-refractivity contribution is 0.212. The van der Waals surface area contributed by atoms with Crippen LogP contribution in [0.3, 0.4) is 0 Å². The molecule has 3 rings (SSSR count). The summed E-state index contributed by atoms with van der Waals surface area (Å²) in [6, 6.07) is 18.1.